The second-order valence-corrected chi connectivity index (χ2v) is 4.83. The normalized spacial score (nSPS) is 10.9. The fraction of sp³-hybridized carbons (Fsp3) is 0.429. The van der Waals surface area contributed by atoms with Crippen molar-refractivity contribution in [2.45, 2.75) is 20.8 Å². The van der Waals surface area contributed by atoms with Crippen molar-refractivity contribution < 1.29 is 19.4 Å². The van der Waals surface area contributed by atoms with Gasteiger partial charge in [0.05, 0.1) is 12.0 Å². The molecule has 1 aromatic rings. The predicted octanol–water partition coefficient (Wildman–Crippen LogP) is 1.93. The Morgan fingerprint density at radius 2 is 2.05 bits per heavy atom. The molecular formula is C14H19NO4. The molecule has 0 saturated carbocycles. The molecule has 0 spiro atoms. The molecule has 0 aliphatic carbocycles. The van der Waals surface area contributed by atoms with Crippen molar-refractivity contribution in [2.24, 2.45) is 5.41 Å². The number of hydrogen-bond donors (Lipinski definition) is 2. The molecule has 0 unspecified atom stereocenters. The van der Waals surface area contributed by atoms with Crippen LogP contribution in [0.1, 0.15) is 31.1 Å². The molecule has 5 nitrogen and oxygen atoms in total. The first-order chi connectivity index (χ1) is 8.86. The minimum Gasteiger partial charge on any atom is -0.494 e. The van der Waals surface area contributed by atoms with Crippen molar-refractivity contribution in [1.29, 1.82) is 0 Å². The zero-order valence-electron chi connectivity index (χ0n) is 11.4. The van der Waals surface area contributed by atoms with Crippen molar-refractivity contribution in [2.75, 3.05) is 13.2 Å². The minimum atomic E-state index is -0.993. The Kier molecular flexibility index (Phi) is 4.92. The summed E-state index contributed by atoms with van der Waals surface area (Å²) in [5.74, 6) is -0.639. The maximum atomic E-state index is 11.9. The zero-order chi connectivity index (χ0) is 14.5. The van der Waals surface area contributed by atoms with Crippen molar-refractivity contribution in [3.05, 3.63) is 29.8 Å². The molecule has 1 amide bonds. The van der Waals surface area contributed by atoms with Crippen molar-refractivity contribution >= 4 is 11.9 Å². The number of carbonyl (C=O) groups excluding carboxylic acids is 1. The van der Waals surface area contributed by atoms with E-state index in [1.54, 1.807) is 38.1 Å². The Morgan fingerprint density at radius 3 is 2.63 bits per heavy atom. The SMILES string of the molecule is CCOc1cccc(C(=O)NCC(C)(C)C(=O)O)c1. The van der Waals surface area contributed by atoms with Gasteiger partial charge in [-0.3, -0.25) is 9.59 Å². The van der Waals surface area contributed by atoms with E-state index >= 15 is 0 Å². The molecule has 1 rings (SSSR count). The quantitative estimate of drug-likeness (QED) is 0.824. The molecule has 0 aromatic heterocycles. The summed E-state index contributed by atoms with van der Waals surface area (Å²) in [5, 5.41) is 11.6. The lowest BCUT2D eigenvalue weighted by atomic mass is 9.94. The van der Waals surface area contributed by atoms with E-state index in [-0.39, 0.29) is 12.5 Å². The van der Waals surface area contributed by atoms with Gasteiger partial charge in [0, 0.05) is 12.1 Å². The minimum absolute atomic E-state index is 0.0695. The number of hydrogen-bond acceptors (Lipinski definition) is 3. The Balaban J connectivity index is 2.68. The summed E-state index contributed by atoms with van der Waals surface area (Å²) >= 11 is 0. The van der Waals surface area contributed by atoms with Gasteiger partial charge in [-0.25, -0.2) is 0 Å². The zero-order valence-corrected chi connectivity index (χ0v) is 11.4. The van der Waals surface area contributed by atoms with Crippen LogP contribution in [0.4, 0.5) is 0 Å². The van der Waals surface area contributed by atoms with E-state index in [1.165, 1.54) is 0 Å². The molecule has 104 valence electrons. The van der Waals surface area contributed by atoms with Gasteiger partial charge in [0.2, 0.25) is 0 Å². The highest BCUT2D eigenvalue weighted by Gasteiger charge is 2.27. The van der Waals surface area contributed by atoms with Crippen LogP contribution in [0.25, 0.3) is 0 Å². The number of benzene rings is 1. The molecule has 0 heterocycles. The second-order valence-electron chi connectivity index (χ2n) is 4.83. The highest BCUT2D eigenvalue weighted by Crippen LogP contribution is 2.15. The van der Waals surface area contributed by atoms with Crippen LogP contribution in [-0.4, -0.2) is 30.1 Å². The molecule has 0 aliphatic rings. The molecule has 0 atom stereocenters. The molecule has 2 N–H and O–H groups in total. The van der Waals surface area contributed by atoms with E-state index in [2.05, 4.69) is 5.32 Å². The Hall–Kier alpha value is -2.04. The average Bonchev–Trinajstić information content (AvgIpc) is 2.36. The van der Waals surface area contributed by atoms with E-state index in [1.807, 2.05) is 6.92 Å². The number of carboxylic acids is 1. The number of ether oxygens (including phenoxy) is 1. The first-order valence-corrected chi connectivity index (χ1v) is 6.11. The largest absolute Gasteiger partial charge is 0.494 e. The van der Waals surface area contributed by atoms with Gasteiger partial charge in [0.15, 0.2) is 0 Å². The van der Waals surface area contributed by atoms with Crippen LogP contribution in [0, 0.1) is 5.41 Å². The van der Waals surface area contributed by atoms with E-state index in [9.17, 15) is 9.59 Å². The number of aliphatic carboxylic acids is 1. The fourth-order valence-electron chi connectivity index (χ4n) is 1.37. The molecule has 5 heteroatoms. The molecule has 0 fully saturated rings. The monoisotopic (exact) mass is 265 g/mol. The van der Waals surface area contributed by atoms with Gasteiger partial charge in [0.1, 0.15) is 5.75 Å². The molecular weight excluding hydrogens is 246 g/mol. The third kappa shape index (κ3) is 4.28. The molecule has 1 aromatic carbocycles. The Labute approximate surface area is 112 Å². The summed E-state index contributed by atoms with van der Waals surface area (Å²) in [7, 11) is 0. The number of nitrogens with one attached hydrogen (secondary N) is 1. The summed E-state index contributed by atoms with van der Waals surface area (Å²) in [4.78, 5) is 22.8. The number of amides is 1. The van der Waals surface area contributed by atoms with Crippen LogP contribution in [0.2, 0.25) is 0 Å². The van der Waals surface area contributed by atoms with Gasteiger partial charge in [-0.15, -0.1) is 0 Å². The van der Waals surface area contributed by atoms with Gasteiger partial charge >= 0.3 is 5.97 Å². The first kappa shape index (κ1) is 15.0. The van der Waals surface area contributed by atoms with Crippen LogP contribution < -0.4 is 10.1 Å². The predicted molar refractivity (Wildman–Crippen MR) is 71.4 cm³/mol. The van der Waals surface area contributed by atoms with Gasteiger partial charge in [-0.05, 0) is 39.0 Å². The van der Waals surface area contributed by atoms with Crippen LogP contribution in [0.3, 0.4) is 0 Å². The fourth-order valence-corrected chi connectivity index (χ4v) is 1.37. The number of rotatable bonds is 6. The lowest BCUT2D eigenvalue weighted by molar-refractivity contribution is -0.146. The average molecular weight is 265 g/mol. The van der Waals surface area contributed by atoms with Gasteiger partial charge in [-0.2, -0.15) is 0 Å². The smallest absolute Gasteiger partial charge is 0.310 e. The first-order valence-electron chi connectivity index (χ1n) is 6.11. The van der Waals surface area contributed by atoms with Crippen LogP contribution in [-0.2, 0) is 4.79 Å². The highest BCUT2D eigenvalue weighted by molar-refractivity contribution is 5.94. The van der Waals surface area contributed by atoms with Gasteiger partial charge in [-0.1, -0.05) is 6.07 Å². The standard InChI is InChI=1S/C14H19NO4/c1-4-19-11-7-5-6-10(8-11)12(16)15-9-14(2,3)13(17)18/h5-8H,4,9H2,1-3H3,(H,15,16)(H,17,18). The van der Waals surface area contributed by atoms with E-state index in [0.29, 0.717) is 17.9 Å². The lowest BCUT2D eigenvalue weighted by Gasteiger charge is -2.19. The summed E-state index contributed by atoms with van der Waals surface area (Å²) in [5.41, 5.74) is -0.542. The van der Waals surface area contributed by atoms with Crippen LogP contribution in [0.15, 0.2) is 24.3 Å². The van der Waals surface area contributed by atoms with Crippen LogP contribution in [0.5, 0.6) is 5.75 Å². The summed E-state index contributed by atoms with van der Waals surface area (Å²) in [6.45, 7) is 5.58. The third-order valence-electron chi connectivity index (χ3n) is 2.68. The topological polar surface area (TPSA) is 75.6 Å². The second kappa shape index (κ2) is 6.22. The van der Waals surface area contributed by atoms with E-state index < -0.39 is 11.4 Å². The van der Waals surface area contributed by atoms with Crippen molar-refractivity contribution in [3.63, 3.8) is 0 Å². The molecule has 0 bridgehead atoms. The lowest BCUT2D eigenvalue weighted by Crippen LogP contribution is -2.38. The molecule has 0 radical (unpaired) electrons. The van der Waals surface area contributed by atoms with Crippen LogP contribution >= 0.6 is 0 Å². The van der Waals surface area contributed by atoms with Crippen molar-refractivity contribution in [1.82, 2.24) is 5.32 Å². The third-order valence-corrected chi connectivity index (χ3v) is 2.68. The van der Waals surface area contributed by atoms with E-state index in [0.717, 1.165) is 0 Å². The van der Waals surface area contributed by atoms with Gasteiger partial charge in [0.25, 0.3) is 5.91 Å². The maximum absolute atomic E-state index is 11.9. The maximum Gasteiger partial charge on any atom is 0.310 e. The highest BCUT2D eigenvalue weighted by atomic mass is 16.5. The summed E-state index contributed by atoms with van der Waals surface area (Å²) < 4.78 is 5.31. The summed E-state index contributed by atoms with van der Waals surface area (Å²) in [6, 6.07) is 6.78. The van der Waals surface area contributed by atoms with Crippen molar-refractivity contribution in [3.8, 4) is 5.75 Å². The molecule has 0 aliphatic heterocycles. The number of carbonyl (C=O) groups is 2. The van der Waals surface area contributed by atoms with E-state index in [4.69, 9.17) is 9.84 Å². The summed E-state index contributed by atoms with van der Waals surface area (Å²) in [6.07, 6.45) is 0. The Morgan fingerprint density at radius 1 is 1.37 bits per heavy atom. The van der Waals surface area contributed by atoms with Gasteiger partial charge < -0.3 is 15.2 Å². The number of carboxylic acid groups (broad SMARTS) is 1. The molecule has 19 heavy (non-hydrogen) atoms. The Bertz CT molecular complexity index is 468. The molecule has 0 saturated heterocycles.